The summed E-state index contributed by atoms with van der Waals surface area (Å²) in [6.45, 7) is 0.423. The molecule has 0 N–H and O–H groups in total. The van der Waals surface area contributed by atoms with Crippen molar-refractivity contribution in [2.24, 2.45) is 0 Å². The molecule has 6 heteroatoms. The van der Waals surface area contributed by atoms with E-state index in [2.05, 4.69) is 0 Å². The number of thioether (sulfide) groups is 1. The van der Waals surface area contributed by atoms with Gasteiger partial charge >= 0.3 is 6.18 Å². The highest BCUT2D eigenvalue weighted by Gasteiger charge is 2.30. The van der Waals surface area contributed by atoms with Gasteiger partial charge in [0.15, 0.2) is 0 Å². The molecule has 0 bridgehead atoms. The van der Waals surface area contributed by atoms with E-state index in [9.17, 15) is 18.0 Å². The summed E-state index contributed by atoms with van der Waals surface area (Å²) in [6, 6.07) is 12.7. The van der Waals surface area contributed by atoms with Gasteiger partial charge in [-0.1, -0.05) is 30.3 Å². The number of hydrogen-bond acceptors (Lipinski definition) is 2. The van der Waals surface area contributed by atoms with E-state index in [-0.39, 0.29) is 12.3 Å². The van der Waals surface area contributed by atoms with Gasteiger partial charge in [0.1, 0.15) is 0 Å². The number of hydrogen-bond donors (Lipinski definition) is 0. The zero-order valence-electron chi connectivity index (χ0n) is 13.4. The smallest absolute Gasteiger partial charge is 0.341 e. The number of alkyl halides is 3. The molecule has 2 aromatic carbocycles. The van der Waals surface area contributed by atoms with Crippen LogP contribution >= 0.6 is 11.8 Å². The van der Waals surface area contributed by atoms with Gasteiger partial charge in [-0.3, -0.25) is 4.79 Å². The highest BCUT2D eigenvalue weighted by molar-refractivity contribution is 7.98. The Morgan fingerprint density at radius 2 is 1.75 bits per heavy atom. The molecule has 0 aliphatic rings. The second-order valence-electron chi connectivity index (χ2n) is 5.47. The predicted molar refractivity (Wildman–Crippen MR) is 89.8 cm³/mol. The van der Waals surface area contributed by atoms with Crippen LogP contribution in [0, 0.1) is 0 Å². The maximum atomic E-state index is 12.7. The molecule has 0 aromatic heterocycles. The van der Waals surface area contributed by atoms with E-state index >= 15 is 0 Å². The van der Waals surface area contributed by atoms with Gasteiger partial charge in [0.2, 0.25) is 5.91 Å². The third-order valence-electron chi connectivity index (χ3n) is 3.61. The summed E-state index contributed by atoms with van der Waals surface area (Å²) < 4.78 is 38.1. The number of nitrogens with zero attached hydrogens (tertiary/aromatic N) is 1. The fraction of sp³-hybridized carbons (Fsp3) is 0.278. The molecule has 0 radical (unpaired) electrons. The Morgan fingerprint density at radius 3 is 2.33 bits per heavy atom. The molecule has 2 rings (SSSR count). The van der Waals surface area contributed by atoms with Gasteiger partial charge in [0.05, 0.1) is 12.0 Å². The van der Waals surface area contributed by atoms with E-state index < -0.39 is 11.7 Å². The quantitative estimate of drug-likeness (QED) is 0.731. The Morgan fingerprint density at radius 1 is 1.08 bits per heavy atom. The fourth-order valence-corrected chi connectivity index (χ4v) is 2.67. The Bertz CT molecular complexity index is 698. The molecule has 0 fully saturated rings. The van der Waals surface area contributed by atoms with Crippen LogP contribution in [-0.2, 0) is 23.9 Å². The van der Waals surface area contributed by atoms with E-state index in [0.29, 0.717) is 12.1 Å². The second-order valence-corrected chi connectivity index (χ2v) is 6.35. The van der Waals surface area contributed by atoms with E-state index in [1.54, 1.807) is 18.8 Å². The molecule has 24 heavy (non-hydrogen) atoms. The Kier molecular flexibility index (Phi) is 5.94. The minimum absolute atomic E-state index is 0.0523. The van der Waals surface area contributed by atoms with Crippen LogP contribution in [0.4, 0.5) is 13.2 Å². The van der Waals surface area contributed by atoms with Gasteiger partial charge < -0.3 is 4.90 Å². The zero-order chi connectivity index (χ0) is 17.7. The Labute approximate surface area is 143 Å². The van der Waals surface area contributed by atoms with Crippen molar-refractivity contribution in [1.82, 2.24) is 4.90 Å². The Balaban J connectivity index is 2.00. The van der Waals surface area contributed by atoms with Crippen molar-refractivity contribution in [3.8, 4) is 0 Å². The van der Waals surface area contributed by atoms with Crippen LogP contribution in [0.5, 0.6) is 0 Å². The fourth-order valence-electron chi connectivity index (χ4n) is 2.26. The standard InChI is InChI=1S/C18H18F3NOS/c1-22(12-13-6-8-16(24-2)9-7-13)17(23)11-14-4-3-5-15(10-14)18(19,20)21/h3-10H,11-12H2,1-2H3. The molecule has 0 saturated heterocycles. The lowest BCUT2D eigenvalue weighted by Gasteiger charge is -2.18. The average molecular weight is 353 g/mol. The van der Waals surface area contributed by atoms with Crippen molar-refractivity contribution < 1.29 is 18.0 Å². The van der Waals surface area contributed by atoms with E-state index in [0.717, 1.165) is 22.6 Å². The van der Waals surface area contributed by atoms with E-state index in [1.807, 2.05) is 30.5 Å². The van der Waals surface area contributed by atoms with Gasteiger partial charge in [-0.05, 0) is 35.6 Å². The van der Waals surface area contributed by atoms with Crippen molar-refractivity contribution >= 4 is 17.7 Å². The molecule has 0 aliphatic heterocycles. The molecule has 0 spiro atoms. The molecular formula is C18H18F3NOS. The van der Waals surface area contributed by atoms with Crippen LogP contribution in [0.15, 0.2) is 53.4 Å². The maximum Gasteiger partial charge on any atom is 0.416 e. The summed E-state index contributed by atoms with van der Waals surface area (Å²) in [5.41, 5.74) is 0.607. The lowest BCUT2D eigenvalue weighted by molar-refractivity contribution is -0.138. The first kappa shape index (κ1) is 18.4. The largest absolute Gasteiger partial charge is 0.416 e. The first-order chi connectivity index (χ1) is 11.3. The monoisotopic (exact) mass is 353 g/mol. The van der Waals surface area contributed by atoms with Gasteiger partial charge in [0, 0.05) is 18.5 Å². The number of likely N-dealkylation sites (N-methyl/N-ethyl adjacent to an activating group) is 1. The minimum Gasteiger partial charge on any atom is -0.341 e. The van der Waals surface area contributed by atoms with E-state index in [1.165, 1.54) is 17.0 Å². The molecule has 0 atom stereocenters. The van der Waals surface area contributed by atoms with Crippen LogP contribution in [-0.4, -0.2) is 24.1 Å². The van der Waals surface area contributed by atoms with Crippen LogP contribution < -0.4 is 0 Å². The highest BCUT2D eigenvalue weighted by Crippen LogP contribution is 2.29. The lowest BCUT2D eigenvalue weighted by Crippen LogP contribution is -2.27. The van der Waals surface area contributed by atoms with Gasteiger partial charge in [-0.15, -0.1) is 11.8 Å². The number of halogens is 3. The minimum atomic E-state index is -4.40. The van der Waals surface area contributed by atoms with Gasteiger partial charge in [-0.2, -0.15) is 13.2 Å². The van der Waals surface area contributed by atoms with Crippen LogP contribution in [0.2, 0.25) is 0 Å². The summed E-state index contributed by atoms with van der Waals surface area (Å²) >= 11 is 1.64. The van der Waals surface area contributed by atoms with Crippen molar-refractivity contribution in [1.29, 1.82) is 0 Å². The number of carbonyl (C=O) groups is 1. The van der Waals surface area contributed by atoms with Gasteiger partial charge in [-0.25, -0.2) is 0 Å². The number of benzene rings is 2. The maximum absolute atomic E-state index is 12.7. The average Bonchev–Trinajstić information content (AvgIpc) is 2.55. The van der Waals surface area contributed by atoms with Crippen LogP contribution in [0.3, 0.4) is 0 Å². The zero-order valence-corrected chi connectivity index (χ0v) is 14.2. The summed E-state index contributed by atoms with van der Waals surface area (Å²) in [5.74, 6) is -0.219. The summed E-state index contributed by atoms with van der Waals surface area (Å²) in [7, 11) is 1.65. The molecule has 2 aromatic rings. The molecule has 1 amide bonds. The highest BCUT2D eigenvalue weighted by atomic mass is 32.2. The third kappa shape index (κ3) is 5.03. The SMILES string of the molecule is CSc1ccc(CN(C)C(=O)Cc2cccc(C(F)(F)F)c2)cc1. The third-order valence-corrected chi connectivity index (χ3v) is 4.36. The number of rotatable bonds is 5. The van der Waals surface area contributed by atoms with Crippen LogP contribution in [0.25, 0.3) is 0 Å². The lowest BCUT2D eigenvalue weighted by atomic mass is 10.1. The van der Waals surface area contributed by atoms with E-state index in [4.69, 9.17) is 0 Å². The molecule has 0 heterocycles. The molecule has 128 valence electrons. The van der Waals surface area contributed by atoms with Crippen molar-refractivity contribution in [3.63, 3.8) is 0 Å². The van der Waals surface area contributed by atoms with Crippen LogP contribution in [0.1, 0.15) is 16.7 Å². The molecule has 0 aliphatic carbocycles. The topological polar surface area (TPSA) is 20.3 Å². The number of carbonyl (C=O) groups excluding carboxylic acids is 1. The van der Waals surface area contributed by atoms with Crippen molar-refractivity contribution in [3.05, 3.63) is 65.2 Å². The molecule has 0 unspecified atom stereocenters. The molecule has 0 saturated carbocycles. The predicted octanol–water partition coefficient (Wildman–Crippen LogP) is 4.63. The first-order valence-electron chi connectivity index (χ1n) is 7.32. The number of amides is 1. The normalized spacial score (nSPS) is 11.4. The summed E-state index contributed by atoms with van der Waals surface area (Å²) in [5, 5.41) is 0. The molecular weight excluding hydrogens is 335 g/mol. The van der Waals surface area contributed by atoms with Crippen molar-refractivity contribution in [2.45, 2.75) is 24.0 Å². The Hall–Kier alpha value is -1.95. The first-order valence-corrected chi connectivity index (χ1v) is 8.55. The summed E-state index contributed by atoms with van der Waals surface area (Å²) in [6.07, 6.45) is -2.47. The summed E-state index contributed by atoms with van der Waals surface area (Å²) in [4.78, 5) is 14.9. The second kappa shape index (κ2) is 7.75. The van der Waals surface area contributed by atoms with Gasteiger partial charge in [0.25, 0.3) is 0 Å². The molecule has 2 nitrogen and oxygen atoms in total. The van der Waals surface area contributed by atoms with Crippen molar-refractivity contribution in [2.75, 3.05) is 13.3 Å².